The monoisotopic (exact) mass is 400 g/mol. The van der Waals surface area contributed by atoms with E-state index in [1.54, 1.807) is 42.5 Å². The van der Waals surface area contributed by atoms with Crippen molar-refractivity contribution in [3.63, 3.8) is 0 Å². The van der Waals surface area contributed by atoms with Crippen LogP contribution in [0.5, 0.6) is 11.5 Å². The topological polar surface area (TPSA) is 98.2 Å². The second kappa shape index (κ2) is 9.99. The Labute approximate surface area is 169 Å². The van der Waals surface area contributed by atoms with Crippen molar-refractivity contribution < 1.29 is 28.9 Å². The zero-order valence-corrected chi connectivity index (χ0v) is 16.2. The number of ether oxygens (including phenoxy) is 3. The molecule has 1 fully saturated rings. The number of benzene rings is 1. The fourth-order valence-electron chi connectivity index (χ4n) is 3.21. The number of pyridine rings is 1. The summed E-state index contributed by atoms with van der Waals surface area (Å²) in [5.74, 6) is -0.0313. The van der Waals surface area contributed by atoms with Crippen LogP contribution in [-0.2, 0) is 15.9 Å². The number of aromatic nitrogens is 1. The molecule has 1 aromatic heterocycles. The molecule has 0 saturated carbocycles. The molecule has 0 aliphatic carbocycles. The van der Waals surface area contributed by atoms with Gasteiger partial charge in [0, 0.05) is 26.3 Å². The Bertz CT molecular complexity index is 857. The van der Waals surface area contributed by atoms with Gasteiger partial charge in [-0.1, -0.05) is 6.07 Å². The van der Waals surface area contributed by atoms with Gasteiger partial charge in [0.1, 0.15) is 18.1 Å². The van der Waals surface area contributed by atoms with Crippen LogP contribution >= 0.6 is 0 Å². The van der Waals surface area contributed by atoms with Crippen molar-refractivity contribution in [3.05, 3.63) is 53.3 Å². The highest BCUT2D eigenvalue weighted by Gasteiger charge is 2.30. The number of carbonyl (C=O) groups excluding carboxylic acids is 2. The Hall–Kier alpha value is -2.97. The highest BCUT2D eigenvalue weighted by atomic mass is 16.5. The highest BCUT2D eigenvalue weighted by molar-refractivity contribution is 5.95. The van der Waals surface area contributed by atoms with E-state index < -0.39 is 0 Å². The summed E-state index contributed by atoms with van der Waals surface area (Å²) >= 11 is 0. The minimum absolute atomic E-state index is 0.0798. The van der Waals surface area contributed by atoms with E-state index in [1.807, 2.05) is 0 Å². The number of aromatic hydroxyl groups is 1. The third-order valence-electron chi connectivity index (χ3n) is 4.74. The summed E-state index contributed by atoms with van der Waals surface area (Å²) in [4.78, 5) is 30.5. The van der Waals surface area contributed by atoms with Crippen molar-refractivity contribution in [3.8, 4) is 11.5 Å². The molecule has 1 atom stereocenters. The third kappa shape index (κ3) is 4.90. The lowest BCUT2D eigenvalue weighted by Gasteiger charge is -2.35. The fourth-order valence-corrected chi connectivity index (χ4v) is 3.21. The van der Waals surface area contributed by atoms with Gasteiger partial charge in [0.15, 0.2) is 6.29 Å². The second-order valence-electron chi connectivity index (χ2n) is 6.59. The number of hydrogen-bond donors (Lipinski definition) is 1. The van der Waals surface area contributed by atoms with Crippen molar-refractivity contribution in [1.29, 1.82) is 0 Å². The quantitative estimate of drug-likeness (QED) is 0.674. The predicted octanol–water partition coefficient (Wildman–Crippen LogP) is 1.71. The Kier molecular flexibility index (Phi) is 7.15. The van der Waals surface area contributed by atoms with Gasteiger partial charge in [0.2, 0.25) is 0 Å². The first kappa shape index (κ1) is 20.8. The molecule has 2 heterocycles. The smallest absolute Gasteiger partial charge is 0.256 e. The lowest BCUT2D eigenvalue weighted by Crippen LogP contribution is -2.51. The number of carbonyl (C=O) groups is 2. The summed E-state index contributed by atoms with van der Waals surface area (Å²) in [6.07, 6.45) is 2.74. The van der Waals surface area contributed by atoms with Gasteiger partial charge in [-0.3, -0.25) is 14.6 Å². The lowest BCUT2D eigenvalue weighted by atomic mass is 10.1. The molecule has 0 bridgehead atoms. The number of morpholine rings is 1. The molecule has 2 aromatic rings. The number of phenols is 1. The van der Waals surface area contributed by atoms with Crippen molar-refractivity contribution in [2.75, 3.05) is 40.1 Å². The van der Waals surface area contributed by atoms with Gasteiger partial charge in [-0.25, -0.2) is 0 Å². The molecule has 1 saturated heterocycles. The van der Waals surface area contributed by atoms with Crippen LogP contribution in [-0.4, -0.2) is 73.3 Å². The average Bonchev–Trinajstić information content (AvgIpc) is 2.76. The van der Waals surface area contributed by atoms with Crippen LogP contribution in [0.15, 0.2) is 36.5 Å². The molecule has 8 heteroatoms. The van der Waals surface area contributed by atoms with E-state index in [4.69, 9.17) is 14.2 Å². The molecule has 1 amide bonds. The van der Waals surface area contributed by atoms with E-state index in [0.29, 0.717) is 50.3 Å². The molecule has 1 aromatic carbocycles. The molecule has 0 spiro atoms. The molecule has 1 N–H and O–H groups in total. The third-order valence-corrected chi connectivity index (χ3v) is 4.74. The normalized spacial score (nSPS) is 16.4. The van der Waals surface area contributed by atoms with Gasteiger partial charge in [0.05, 0.1) is 42.7 Å². The minimum atomic E-state index is -0.339. The predicted molar refractivity (Wildman–Crippen MR) is 104 cm³/mol. The van der Waals surface area contributed by atoms with Gasteiger partial charge in [-0.05, 0) is 24.3 Å². The van der Waals surface area contributed by atoms with Crippen molar-refractivity contribution >= 4 is 12.2 Å². The summed E-state index contributed by atoms with van der Waals surface area (Å²) in [5, 5.41) is 9.80. The molecule has 154 valence electrons. The van der Waals surface area contributed by atoms with Gasteiger partial charge in [0.25, 0.3) is 5.91 Å². The first-order chi connectivity index (χ1) is 14.2. The molecule has 8 nitrogen and oxygen atoms in total. The van der Waals surface area contributed by atoms with Crippen LogP contribution < -0.4 is 4.74 Å². The molecular formula is C21H24N2O6. The lowest BCUT2D eigenvalue weighted by molar-refractivity contribution is -0.0152. The number of aldehydes is 1. The van der Waals surface area contributed by atoms with Crippen LogP contribution in [0, 0.1) is 0 Å². The van der Waals surface area contributed by atoms with Gasteiger partial charge in [-0.2, -0.15) is 0 Å². The Morgan fingerprint density at radius 1 is 1.38 bits per heavy atom. The van der Waals surface area contributed by atoms with E-state index in [2.05, 4.69) is 4.98 Å². The first-order valence-electron chi connectivity index (χ1n) is 9.37. The minimum Gasteiger partial charge on any atom is -0.507 e. The zero-order chi connectivity index (χ0) is 20.6. The fraction of sp³-hybridized carbons (Fsp3) is 0.381. The summed E-state index contributed by atoms with van der Waals surface area (Å²) in [6, 6.07) is 7.76. The van der Waals surface area contributed by atoms with Gasteiger partial charge in [-0.15, -0.1) is 0 Å². The van der Waals surface area contributed by atoms with E-state index in [-0.39, 0.29) is 35.6 Å². The molecule has 1 aliphatic rings. The molecule has 29 heavy (non-hydrogen) atoms. The number of methoxy groups -OCH3 is 1. The van der Waals surface area contributed by atoms with E-state index >= 15 is 0 Å². The van der Waals surface area contributed by atoms with Crippen LogP contribution in [0.1, 0.15) is 26.4 Å². The van der Waals surface area contributed by atoms with Gasteiger partial charge < -0.3 is 24.2 Å². The van der Waals surface area contributed by atoms with Crippen molar-refractivity contribution in [2.24, 2.45) is 0 Å². The highest BCUT2D eigenvalue weighted by Crippen LogP contribution is 2.26. The Balaban J connectivity index is 1.76. The van der Waals surface area contributed by atoms with Gasteiger partial charge >= 0.3 is 0 Å². The average molecular weight is 400 g/mol. The number of amides is 1. The standard InChI is InChI=1S/C21H24N2O6/c1-27-10-7-18-16(4-3-8-22-18)21(26)23-9-11-28-13-15(23)14-29-20-6-2-5-19(25)17(20)12-24/h2-6,8,12,15,25H,7,9-11,13-14H2,1H3/t15-/m0/s1. The molecule has 0 unspecified atom stereocenters. The van der Waals surface area contributed by atoms with Crippen molar-refractivity contribution in [1.82, 2.24) is 9.88 Å². The molecule has 1 aliphatic heterocycles. The number of nitrogens with zero attached hydrogens (tertiary/aromatic N) is 2. The van der Waals surface area contributed by atoms with E-state index in [0.717, 1.165) is 0 Å². The zero-order valence-electron chi connectivity index (χ0n) is 16.2. The van der Waals surface area contributed by atoms with Crippen LogP contribution in [0.3, 0.4) is 0 Å². The largest absolute Gasteiger partial charge is 0.507 e. The Morgan fingerprint density at radius 3 is 3.03 bits per heavy atom. The molecule has 3 rings (SSSR count). The number of phenolic OH excluding ortho intramolecular Hbond substituents is 1. The first-order valence-corrected chi connectivity index (χ1v) is 9.37. The second-order valence-corrected chi connectivity index (χ2v) is 6.59. The summed E-state index contributed by atoms with van der Waals surface area (Å²) in [6.45, 7) is 1.77. The summed E-state index contributed by atoms with van der Waals surface area (Å²) in [5.41, 5.74) is 1.29. The Morgan fingerprint density at radius 2 is 2.24 bits per heavy atom. The maximum absolute atomic E-state index is 13.2. The maximum atomic E-state index is 13.2. The maximum Gasteiger partial charge on any atom is 0.256 e. The molecule has 0 radical (unpaired) electrons. The number of rotatable bonds is 8. The van der Waals surface area contributed by atoms with E-state index in [9.17, 15) is 14.7 Å². The molecular weight excluding hydrogens is 376 g/mol. The summed E-state index contributed by atoms with van der Waals surface area (Å²) < 4.78 is 16.4. The van der Waals surface area contributed by atoms with Crippen molar-refractivity contribution in [2.45, 2.75) is 12.5 Å². The van der Waals surface area contributed by atoms with E-state index in [1.165, 1.54) is 6.07 Å². The number of hydrogen-bond acceptors (Lipinski definition) is 7. The van der Waals surface area contributed by atoms with Crippen LogP contribution in [0.4, 0.5) is 0 Å². The summed E-state index contributed by atoms with van der Waals surface area (Å²) in [7, 11) is 1.61. The van der Waals surface area contributed by atoms with Crippen LogP contribution in [0.2, 0.25) is 0 Å². The van der Waals surface area contributed by atoms with Crippen LogP contribution in [0.25, 0.3) is 0 Å². The SMILES string of the molecule is COCCc1ncccc1C(=O)N1CCOC[C@H]1COc1cccc(O)c1C=O.